The summed E-state index contributed by atoms with van der Waals surface area (Å²) in [5.41, 5.74) is 1.53. The van der Waals surface area contributed by atoms with E-state index in [-0.39, 0.29) is 16.6 Å². The second-order valence-corrected chi connectivity index (χ2v) is 7.92. The number of carbonyl (C=O) groups is 1. The molecule has 4 aromatic rings. The molecule has 0 radical (unpaired) electrons. The first-order valence-corrected chi connectivity index (χ1v) is 9.73. The van der Waals surface area contributed by atoms with Crippen molar-refractivity contribution >= 4 is 51.5 Å². The predicted molar refractivity (Wildman–Crippen MR) is 108 cm³/mol. The number of carbonyl (C=O) groups excluding carboxylic acids is 1. The summed E-state index contributed by atoms with van der Waals surface area (Å²) in [4.78, 5) is 21.7. The van der Waals surface area contributed by atoms with Crippen LogP contribution in [0.2, 0.25) is 5.02 Å². The first-order chi connectivity index (χ1) is 13.4. The minimum atomic E-state index is -0.587. The number of anilines is 1. The molecule has 0 saturated carbocycles. The fraction of sp³-hybridized carbons (Fsp3) is 0.158. The molecule has 0 spiro atoms. The summed E-state index contributed by atoms with van der Waals surface area (Å²) in [6, 6.07) is 11.7. The van der Waals surface area contributed by atoms with Gasteiger partial charge in [0.1, 0.15) is 11.6 Å². The lowest BCUT2D eigenvalue weighted by Crippen LogP contribution is -2.23. The van der Waals surface area contributed by atoms with Gasteiger partial charge >= 0.3 is 0 Å². The maximum atomic E-state index is 13.9. The molecule has 142 valence electrons. The summed E-state index contributed by atoms with van der Waals surface area (Å²) in [6.45, 7) is 3.52. The highest BCUT2D eigenvalue weighted by Crippen LogP contribution is 2.27. The molecule has 2 heterocycles. The minimum Gasteiger partial charge on any atom is -0.323 e. The third-order valence-electron chi connectivity index (χ3n) is 4.10. The van der Waals surface area contributed by atoms with E-state index in [0.29, 0.717) is 16.6 Å². The molecule has 0 fully saturated rings. The van der Waals surface area contributed by atoms with Gasteiger partial charge in [0, 0.05) is 10.4 Å². The molecule has 28 heavy (non-hydrogen) atoms. The maximum absolute atomic E-state index is 13.9. The van der Waals surface area contributed by atoms with Crippen molar-refractivity contribution in [3.63, 3.8) is 0 Å². The van der Waals surface area contributed by atoms with Crippen LogP contribution >= 0.6 is 23.4 Å². The van der Waals surface area contributed by atoms with E-state index < -0.39 is 11.1 Å². The van der Waals surface area contributed by atoms with Crippen LogP contribution < -0.4 is 5.32 Å². The van der Waals surface area contributed by atoms with Gasteiger partial charge in [0.15, 0.2) is 10.8 Å². The smallest absolute Gasteiger partial charge is 0.237 e. The summed E-state index contributed by atoms with van der Waals surface area (Å²) < 4.78 is 15.6. The van der Waals surface area contributed by atoms with Crippen LogP contribution in [0.5, 0.6) is 0 Å². The lowest BCUT2D eigenvalue weighted by molar-refractivity contribution is -0.115. The highest BCUT2D eigenvalue weighted by molar-refractivity contribution is 8.00. The van der Waals surface area contributed by atoms with Gasteiger partial charge < -0.3 is 5.32 Å². The monoisotopic (exact) mass is 415 g/mol. The van der Waals surface area contributed by atoms with Crippen LogP contribution in [0.4, 0.5) is 10.1 Å². The molecule has 4 rings (SSSR count). The Kier molecular flexibility index (Phi) is 4.91. The molecule has 2 aromatic heterocycles. The van der Waals surface area contributed by atoms with Gasteiger partial charge in [-0.1, -0.05) is 35.5 Å². The molecule has 0 aliphatic heterocycles. The molecular weight excluding hydrogens is 401 g/mol. The van der Waals surface area contributed by atoms with Crippen molar-refractivity contribution in [2.24, 2.45) is 0 Å². The Labute approximate surface area is 169 Å². The van der Waals surface area contributed by atoms with Crippen molar-refractivity contribution in [3.05, 3.63) is 59.1 Å². The van der Waals surface area contributed by atoms with Crippen molar-refractivity contribution in [2.45, 2.75) is 24.3 Å². The minimum absolute atomic E-state index is 0.0788. The number of aryl methyl sites for hydroxylation is 1. The topological polar surface area (TPSA) is 72.2 Å². The van der Waals surface area contributed by atoms with Crippen LogP contribution in [0.25, 0.3) is 16.6 Å². The fourth-order valence-corrected chi connectivity index (χ4v) is 3.77. The summed E-state index contributed by atoms with van der Waals surface area (Å²) in [6.07, 6.45) is 0. The van der Waals surface area contributed by atoms with Crippen LogP contribution in [0.3, 0.4) is 0 Å². The third kappa shape index (κ3) is 3.53. The average Bonchev–Trinajstić information content (AvgIpc) is 3.06. The standard InChI is InChI=1S/C19H15ClFN5OS/c1-10(18(27)23-16-8-7-12(20)9-14(16)21)28-19-24-15-6-4-3-5-13(15)17-22-11(2)25-26(17)19/h3-10H,1-2H3,(H,23,27). The number of nitrogens with zero attached hydrogens (tertiary/aromatic N) is 4. The average molecular weight is 416 g/mol. The number of para-hydroxylation sites is 1. The van der Waals surface area contributed by atoms with E-state index in [4.69, 9.17) is 11.6 Å². The van der Waals surface area contributed by atoms with Crippen molar-refractivity contribution in [1.82, 2.24) is 19.6 Å². The number of hydrogen-bond donors (Lipinski definition) is 1. The first-order valence-electron chi connectivity index (χ1n) is 8.47. The molecule has 1 unspecified atom stereocenters. The number of fused-ring (bicyclic) bond motifs is 3. The van der Waals surface area contributed by atoms with E-state index in [0.717, 1.165) is 17.0 Å². The zero-order chi connectivity index (χ0) is 19.8. The third-order valence-corrected chi connectivity index (χ3v) is 5.37. The lowest BCUT2D eigenvalue weighted by Gasteiger charge is -2.13. The molecule has 0 aliphatic carbocycles. The van der Waals surface area contributed by atoms with Crippen LogP contribution in [0, 0.1) is 12.7 Å². The van der Waals surface area contributed by atoms with E-state index >= 15 is 0 Å². The maximum Gasteiger partial charge on any atom is 0.237 e. The lowest BCUT2D eigenvalue weighted by atomic mass is 10.2. The zero-order valence-electron chi connectivity index (χ0n) is 15.0. The van der Waals surface area contributed by atoms with Crippen LogP contribution in [-0.4, -0.2) is 30.7 Å². The number of amides is 1. The molecule has 1 amide bonds. The molecule has 0 saturated heterocycles. The number of nitrogens with one attached hydrogen (secondary N) is 1. The van der Waals surface area contributed by atoms with Crippen LogP contribution in [-0.2, 0) is 4.79 Å². The van der Waals surface area contributed by atoms with Gasteiger partial charge in [-0.05, 0) is 44.2 Å². The summed E-state index contributed by atoms with van der Waals surface area (Å²) in [5.74, 6) is -0.331. The van der Waals surface area contributed by atoms with Crippen LogP contribution in [0.15, 0.2) is 47.6 Å². The first kappa shape index (κ1) is 18.6. The van der Waals surface area contributed by atoms with E-state index in [2.05, 4.69) is 20.4 Å². The highest BCUT2D eigenvalue weighted by atomic mass is 35.5. The number of benzene rings is 2. The molecule has 0 aliphatic rings. The van der Waals surface area contributed by atoms with Gasteiger partial charge in [-0.15, -0.1) is 5.10 Å². The van der Waals surface area contributed by atoms with E-state index in [1.54, 1.807) is 18.4 Å². The molecule has 1 atom stereocenters. The van der Waals surface area contributed by atoms with Crippen LogP contribution in [0.1, 0.15) is 12.7 Å². The molecule has 6 nitrogen and oxygen atoms in total. The molecular formula is C19H15ClFN5OS. The second-order valence-electron chi connectivity index (χ2n) is 6.18. The van der Waals surface area contributed by atoms with Gasteiger partial charge in [-0.3, -0.25) is 4.79 Å². The number of thioether (sulfide) groups is 1. The summed E-state index contributed by atoms with van der Waals surface area (Å²) in [5, 5.41) is 8.12. The van der Waals surface area contributed by atoms with E-state index in [1.165, 1.54) is 23.9 Å². The van der Waals surface area contributed by atoms with Crippen molar-refractivity contribution < 1.29 is 9.18 Å². The summed E-state index contributed by atoms with van der Waals surface area (Å²) >= 11 is 6.97. The zero-order valence-corrected chi connectivity index (χ0v) is 16.6. The van der Waals surface area contributed by atoms with E-state index in [9.17, 15) is 9.18 Å². The normalized spacial score (nSPS) is 12.4. The Morgan fingerprint density at radius 1 is 1.25 bits per heavy atom. The number of rotatable bonds is 4. The Morgan fingerprint density at radius 3 is 2.82 bits per heavy atom. The molecule has 0 bridgehead atoms. The van der Waals surface area contributed by atoms with Gasteiger partial charge in [0.05, 0.1) is 16.5 Å². The quantitative estimate of drug-likeness (QED) is 0.392. The van der Waals surface area contributed by atoms with Gasteiger partial charge in [0.25, 0.3) is 0 Å². The Balaban J connectivity index is 1.64. The molecule has 9 heteroatoms. The van der Waals surface area contributed by atoms with Gasteiger partial charge in [0.2, 0.25) is 5.91 Å². The second kappa shape index (κ2) is 7.37. The number of hydrogen-bond acceptors (Lipinski definition) is 5. The SMILES string of the molecule is Cc1nc2c3ccccc3nc(SC(C)C(=O)Nc3ccc(Cl)cc3F)n2n1. The van der Waals surface area contributed by atoms with Crippen molar-refractivity contribution in [3.8, 4) is 0 Å². The van der Waals surface area contributed by atoms with E-state index in [1.807, 2.05) is 24.3 Å². The van der Waals surface area contributed by atoms with Gasteiger partial charge in [-0.25, -0.2) is 14.4 Å². The van der Waals surface area contributed by atoms with Gasteiger partial charge in [-0.2, -0.15) is 4.52 Å². The Bertz CT molecular complexity index is 1210. The molecule has 2 aromatic carbocycles. The van der Waals surface area contributed by atoms with Crippen molar-refractivity contribution in [2.75, 3.05) is 5.32 Å². The summed E-state index contributed by atoms with van der Waals surface area (Å²) in [7, 11) is 0. The van der Waals surface area contributed by atoms with Crippen molar-refractivity contribution in [1.29, 1.82) is 0 Å². The molecule has 1 N–H and O–H groups in total. The fourth-order valence-electron chi connectivity index (χ4n) is 2.75. The number of aromatic nitrogens is 4. The predicted octanol–water partition coefficient (Wildman–Crippen LogP) is 4.50. The highest BCUT2D eigenvalue weighted by Gasteiger charge is 2.20. The number of halogens is 2. The Morgan fingerprint density at radius 2 is 2.04 bits per heavy atom. The Hall–Kier alpha value is -2.71. The largest absolute Gasteiger partial charge is 0.323 e.